The monoisotopic (exact) mass is 250 g/mol. The molecule has 1 unspecified atom stereocenters. The van der Waals surface area contributed by atoms with Gasteiger partial charge in [0.15, 0.2) is 5.38 Å². The maximum atomic E-state index is 12.3. The summed E-state index contributed by atoms with van der Waals surface area (Å²) >= 11 is 5.32. The van der Waals surface area contributed by atoms with E-state index in [0.717, 1.165) is 5.56 Å². The highest BCUT2D eigenvalue weighted by atomic mass is 35.5. The SMILES string of the molecule is CC(C)(C)c1ccc(C(Cl)C(F)(F)F)cc1. The van der Waals surface area contributed by atoms with Crippen LogP contribution in [-0.4, -0.2) is 6.18 Å². The number of benzene rings is 1. The number of rotatable bonds is 1. The molecule has 0 aliphatic heterocycles. The summed E-state index contributed by atoms with van der Waals surface area (Å²) < 4.78 is 37.0. The second-order valence-corrected chi connectivity index (χ2v) is 5.21. The maximum Gasteiger partial charge on any atom is 0.408 e. The maximum absolute atomic E-state index is 12.3. The van der Waals surface area contributed by atoms with E-state index in [9.17, 15) is 13.2 Å². The van der Waals surface area contributed by atoms with Crippen molar-refractivity contribution < 1.29 is 13.2 Å². The lowest BCUT2D eigenvalue weighted by atomic mass is 9.86. The van der Waals surface area contributed by atoms with Crippen LogP contribution in [0.4, 0.5) is 13.2 Å². The van der Waals surface area contributed by atoms with Gasteiger partial charge in [0.05, 0.1) is 0 Å². The normalized spacial score (nSPS) is 14.9. The summed E-state index contributed by atoms with van der Waals surface area (Å²) in [5.74, 6) is 0. The fraction of sp³-hybridized carbons (Fsp3) is 0.500. The van der Waals surface area contributed by atoms with Crippen LogP contribution in [0.15, 0.2) is 24.3 Å². The Morgan fingerprint density at radius 1 is 1.00 bits per heavy atom. The average Bonchev–Trinajstić information content (AvgIpc) is 2.14. The first-order chi connectivity index (χ1) is 7.12. The Balaban J connectivity index is 2.96. The van der Waals surface area contributed by atoms with E-state index in [1.54, 1.807) is 12.1 Å². The van der Waals surface area contributed by atoms with Gasteiger partial charge in [-0.25, -0.2) is 0 Å². The molecule has 0 aliphatic rings. The lowest BCUT2D eigenvalue weighted by Crippen LogP contribution is -2.16. The smallest absolute Gasteiger partial charge is 0.169 e. The largest absolute Gasteiger partial charge is 0.408 e. The van der Waals surface area contributed by atoms with Gasteiger partial charge in [-0.15, -0.1) is 11.6 Å². The van der Waals surface area contributed by atoms with Gasteiger partial charge in [0, 0.05) is 0 Å². The lowest BCUT2D eigenvalue weighted by molar-refractivity contribution is -0.131. The zero-order valence-electron chi connectivity index (χ0n) is 9.40. The summed E-state index contributed by atoms with van der Waals surface area (Å²) in [5, 5.41) is -1.93. The third kappa shape index (κ3) is 3.14. The van der Waals surface area contributed by atoms with Gasteiger partial charge in [0.1, 0.15) is 0 Å². The van der Waals surface area contributed by atoms with Crippen LogP contribution < -0.4 is 0 Å². The molecule has 0 amide bonds. The van der Waals surface area contributed by atoms with Gasteiger partial charge < -0.3 is 0 Å². The van der Waals surface area contributed by atoms with Crippen molar-refractivity contribution in [3.63, 3.8) is 0 Å². The minimum Gasteiger partial charge on any atom is -0.169 e. The summed E-state index contributed by atoms with van der Waals surface area (Å²) in [4.78, 5) is 0. The van der Waals surface area contributed by atoms with E-state index in [1.165, 1.54) is 12.1 Å². The standard InChI is InChI=1S/C12H14ClF3/c1-11(2,3)9-6-4-8(5-7-9)10(13)12(14,15)16/h4-7,10H,1-3H3. The van der Waals surface area contributed by atoms with Crippen LogP contribution >= 0.6 is 11.6 Å². The molecule has 16 heavy (non-hydrogen) atoms. The van der Waals surface area contributed by atoms with Crippen LogP contribution in [-0.2, 0) is 5.41 Å². The molecule has 1 atom stereocenters. The van der Waals surface area contributed by atoms with Crippen LogP contribution in [0.5, 0.6) is 0 Å². The molecule has 0 spiro atoms. The summed E-state index contributed by atoms with van der Waals surface area (Å²) in [6.07, 6.45) is -4.40. The van der Waals surface area contributed by atoms with Crippen LogP contribution in [0.3, 0.4) is 0 Å². The molecule has 1 aromatic rings. The predicted molar refractivity (Wildman–Crippen MR) is 59.8 cm³/mol. The van der Waals surface area contributed by atoms with Crippen molar-refractivity contribution in [3.05, 3.63) is 35.4 Å². The van der Waals surface area contributed by atoms with E-state index in [0.29, 0.717) is 0 Å². The first-order valence-corrected chi connectivity index (χ1v) is 5.37. The van der Waals surface area contributed by atoms with Gasteiger partial charge in [-0.1, -0.05) is 45.0 Å². The van der Waals surface area contributed by atoms with Crippen molar-refractivity contribution in [2.24, 2.45) is 0 Å². The molecule has 0 saturated carbocycles. The molecule has 1 aromatic carbocycles. The van der Waals surface area contributed by atoms with Crippen molar-refractivity contribution in [2.45, 2.75) is 37.7 Å². The molecule has 0 heterocycles. The van der Waals surface area contributed by atoms with Crippen LogP contribution in [0.25, 0.3) is 0 Å². The van der Waals surface area contributed by atoms with Gasteiger partial charge in [0.25, 0.3) is 0 Å². The molecule has 4 heteroatoms. The number of alkyl halides is 4. The summed E-state index contributed by atoms with van der Waals surface area (Å²) in [6.45, 7) is 6.01. The van der Waals surface area contributed by atoms with E-state index in [2.05, 4.69) is 0 Å². The van der Waals surface area contributed by atoms with Crippen molar-refractivity contribution in [1.82, 2.24) is 0 Å². The van der Waals surface area contributed by atoms with E-state index in [1.807, 2.05) is 20.8 Å². The molecule has 0 aromatic heterocycles. The molecule has 0 N–H and O–H groups in total. The second-order valence-electron chi connectivity index (χ2n) is 4.78. The van der Waals surface area contributed by atoms with Crippen LogP contribution in [0.2, 0.25) is 0 Å². The number of halogens is 4. The van der Waals surface area contributed by atoms with Crippen molar-refractivity contribution in [1.29, 1.82) is 0 Å². The minimum atomic E-state index is -4.40. The van der Waals surface area contributed by atoms with Crippen molar-refractivity contribution >= 4 is 11.6 Å². The molecule has 0 radical (unpaired) electrons. The van der Waals surface area contributed by atoms with Crippen molar-refractivity contribution in [3.8, 4) is 0 Å². The summed E-state index contributed by atoms with van der Waals surface area (Å²) in [6, 6.07) is 6.25. The topological polar surface area (TPSA) is 0 Å². The Morgan fingerprint density at radius 2 is 1.44 bits per heavy atom. The fourth-order valence-corrected chi connectivity index (χ4v) is 1.49. The Bertz CT molecular complexity index is 346. The summed E-state index contributed by atoms with van der Waals surface area (Å²) in [5.41, 5.74) is 1.00. The molecule has 0 nitrogen and oxygen atoms in total. The van der Waals surface area contributed by atoms with Crippen LogP contribution in [0, 0.1) is 0 Å². The molecule has 0 bridgehead atoms. The van der Waals surface area contributed by atoms with Gasteiger partial charge in [0.2, 0.25) is 0 Å². The number of hydrogen-bond donors (Lipinski definition) is 0. The van der Waals surface area contributed by atoms with Gasteiger partial charge in [-0.3, -0.25) is 0 Å². The lowest BCUT2D eigenvalue weighted by Gasteiger charge is -2.20. The molecular formula is C12H14ClF3. The highest BCUT2D eigenvalue weighted by Gasteiger charge is 2.39. The van der Waals surface area contributed by atoms with E-state index >= 15 is 0 Å². The first-order valence-electron chi connectivity index (χ1n) is 4.93. The van der Waals surface area contributed by atoms with E-state index < -0.39 is 11.6 Å². The van der Waals surface area contributed by atoms with Crippen molar-refractivity contribution in [2.75, 3.05) is 0 Å². The summed E-state index contributed by atoms with van der Waals surface area (Å²) in [7, 11) is 0. The van der Waals surface area contributed by atoms with Gasteiger partial charge in [-0.05, 0) is 16.5 Å². The third-order valence-corrected chi connectivity index (χ3v) is 2.86. The zero-order chi connectivity index (χ0) is 12.6. The quantitative estimate of drug-likeness (QED) is 0.627. The Kier molecular flexibility index (Phi) is 3.58. The van der Waals surface area contributed by atoms with E-state index in [4.69, 9.17) is 11.6 Å². The molecular weight excluding hydrogens is 237 g/mol. The number of hydrogen-bond acceptors (Lipinski definition) is 0. The Morgan fingerprint density at radius 3 is 1.75 bits per heavy atom. The second kappa shape index (κ2) is 4.28. The average molecular weight is 251 g/mol. The molecule has 0 fully saturated rings. The molecule has 1 rings (SSSR count). The van der Waals surface area contributed by atoms with Gasteiger partial charge >= 0.3 is 6.18 Å². The fourth-order valence-electron chi connectivity index (χ4n) is 1.34. The molecule has 0 aliphatic carbocycles. The predicted octanol–water partition coefficient (Wildman–Crippen LogP) is 4.83. The van der Waals surface area contributed by atoms with E-state index in [-0.39, 0.29) is 11.0 Å². The highest BCUT2D eigenvalue weighted by Crippen LogP contribution is 2.38. The Hall–Kier alpha value is -0.700. The molecule has 90 valence electrons. The highest BCUT2D eigenvalue weighted by molar-refractivity contribution is 6.21. The minimum absolute atomic E-state index is 0.0709. The Labute approximate surface area is 98.4 Å². The molecule has 0 saturated heterocycles. The van der Waals surface area contributed by atoms with Gasteiger partial charge in [-0.2, -0.15) is 13.2 Å². The first kappa shape index (κ1) is 13.4. The zero-order valence-corrected chi connectivity index (χ0v) is 10.2. The van der Waals surface area contributed by atoms with Crippen LogP contribution in [0.1, 0.15) is 37.3 Å². The third-order valence-electron chi connectivity index (χ3n) is 2.36.